The minimum absolute atomic E-state index is 0.174. The summed E-state index contributed by atoms with van der Waals surface area (Å²) in [5, 5.41) is 45.6. The van der Waals surface area contributed by atoms with Gasteiger partial charge in [-0.2, -0.15) is 0 Å². The maximum absolute atomic E-state index is 11.9. The number of rotatable bonds is 11. The molecule has 0 radical (unpaired) electrons. The van der Waals surface area contributed by atoms with E-state index in [1.54, 1.807) is 21.6 Å². The monoisotopic (exact) mass is 509 g/mol. The summed E-state index contributed by atoms with van der Waals surface area (Å²) < 4.78 is 0. The summed E-state index contributed by atoms with van der Waals surface area (Å²) in [5.74, 6) is -3.04. The predicted octanol–water partition coefficient (Wildman–Crippen LogP) is -0.995. The molecule has 1 aromatic carbocycles. The molecule has 1 aliphatic rings. The van der Waals surface area contributed by atoms with Crippen LogP contribution in [0.3, 0.4) is 0 Å². The van der Waals surface area contributed by atoms with E-state index < -0.39 is 36.2 Å². The molecule has 36 heavy (non-hydrogen) atoms. The smallest absolute Gasteiger partial charge is 0.317 e. The van der Waals surface area contributed by atoms with Gasteiger partial charge in [0.2, 0.25) is 0 Å². The Bertz CT molecular complexity index is 826. The van der Waals surface area contributed by atoms with Crippen molar-refractivity contribution >= 4 is 17.9 Å². The Kier molecular flexibility index (Phi) is 12.7. The van der Waals surface area contributed by atoms with Gasteiger partial charge in [0.25, 0.3) is 0 Å². The van der Waals surface area contributed by atoms with Gasteiger partial charge in [-0.05, 0) is 18.9 Å². The van der Waals surface area contributed by atoms with E-state index in [2.05, 4.69) is 10.6 Å². The molecule has 12 heteroatoms. The number of aliphatic carboxylic acids is 3. The summed E-state index contributed by atoms with van der Waals surface area (Å²) >= 11 is 0. The van der Waals surface area contributed by atoms with Gasteiger partial charge in [-0.3, -0.25) is 34.4 Å². The van der Waals surface area contributed by atoms with E-state index in [1.165, 1.54) is 0 Å². The zero-order valence-corrected chi connectivity index (χ0v) is 20.8. The van der Waals surface area contributed by atoms with E-state index in [0.29, 0.717) is 39.3 Å². The van der Waals surface area contributed by atoms with Gasteiger partial charge in [0, 0.05) is 51.9 Å². The summed E-state index contributed by atoms with van der Waals surface area (Å²) in [6.07, 6.45) is -1.17. The number of nitrogens with zero attached hydrogens (tertiary/aromatic N) is 3. The highest BCUT2D eigenvalue weighted by Crippen LogP contribution is 2.17. The molecule has 1 fully saturated rings. The number of hydrogen-bond donors (Lipinski definition) is 6. The van der Waals surface area contributed by atoms with Crippen molar-refractivity contribution in [2.75, 3.05) is 58.9 Å². The summed E-state index contributed by atoms with van der Waals surface area (Å²) in [5.41, 5.74) is 0.966. The number of benzene rings is 1. The van der Waals surface area contributed by atoms with Gasteiger partial charge in [-0.1, -0.05) is 30.3 Å². The third-order valence-corrected chi connectivity index (χ3v) is 6.09. The Labute approximate surface area is 211 Å². The van der Waals surface area contributed by atoms with Crippen LogP contribution in [0.25, 0.3) is 0 Å². The van der Waals surface area contributed by atoms with Crippen molar-refractivity contribution in [1.82, 2.24) is 25.3 Å². The number of hydrogen-bond acceptors (Lipinski definition) is 9. The van der Waals surface area contributed by atoms with Gasteiger partial charge in [-0.15, -0.1) is 0 Å². The van der Waals surface area contributed by atoms with Crippen molar-refractivity contribution in [2.24, 2.45) is 0 Å². The van der Waals surface area contributed by atoms with Crippen LogP contribution in [0.15, 0.2) is 30.3 Å². The number of aliphatic hydroxyl groups is 1. The second-order valence-corrected chi connectivity index (χ2v) is 9.11. The first-order valence-electron chi connectivity index (χ1n) is 12.2. The molecule has 2 rings (SSSR count). The average Bonchev–Trinajstić information content (AvgIpc) is 2.79. The summed E-state index contributed by atoms with van der Waals surface area (Å²) in [6.45, 7) is 3.56. The summed E-state index contributed by atoms with van der Waals surface area (Å²) in [7, 11) is 0. The molecule has 1 aliphatic heterocycles. The molecule has 3 atom stereocenters. The Morgan fingerprint density at radius 1 is 0.917 bits per heavy atom. The molecule has 12 nitrogen and oxygen atoms in total. The average molecular weight is 510 g/mol. The van der Waals surface area contributed by atoms with Crippen LogP contribution in [-0.4, -0.2) is 130 Å². The number of carbonyl (C=O) groups is 3. The van der Waals surface area contributed by atoms with Gasteiger partial charge >= 0.3 is 17.9 Å². The Morgan fingerprint density at radius 2 is 1.53 bits per heavy atom. The molecule has 0 aliphatic carbocycles. The van der Waals surface area contributed by atoms with Crippen molar-refractivity contribution in [2.45, 2.75) is 38.2 Å². The van der Waals surface area contributed by atoms with Crippen molar-refractivity contribution in [3.8, 4) is 0 Å². The van der Waals surface area contributed by atoms with Crippen LogP contribution in [0.2, 0.25) is 0 Å². The van der Waals surface area contributed by atoms with Gasteiger partial charge in [0.15, 0.2) is 0 Å². The molecule has 1 heterocycles. The van der Waals surface area contributed by atoms with Crippen molar-refractivity contribution in [1.29, 1.82) is 0 Å². The third-order valence-electron chi connectivity index (χ3n) is 6.09. The van der Waals surface area contributed by atoms with Crippen molar-refractivity contribution in [3.63, 3.8) is 0 Å². The fourth-order valence-corrected chi connectivity index (χ4v) is 4.50. The van der Waals surface area contributed by atoms with Crippen molar-refractivity contribution in [3.05, 3.63) is 35.9 Å². The number of aliphatic hydroxyl groups excluding tert-OH is 1. The van der Waals surface area contributed by atoms with E-state index in [0.717, 1.165) is 5.56 Å². The first kappa shape index (κ1) is 29.6. The second-order valence-electron chi connectivity index (χ2n) is 9.11. The lowest BCUT2D eigenvalue weighted by Crippen LogP contribution is -2.62. The maximum atomic E-state index is 11.9. The van der Waals surface area contributed by atoms with Crippen molar-refractivity contribution < 1.29 is 34.8 Å². The number of carboxylic acid groups (broad SMARTS) is 3. The van der Waals surface area contributed by atoms with Crippen LogP contribution < -0.4 is 10.6 Å². The zero-order valence-electron chi connectivity index (χ0n) is 20.8. The van der Waals surface area contributed by atoms with Crippen LogP contribution in [-0.2, 0) is 20.9 Å². The molecule has 3 unspecified atom stereocenters. The van der Waals surface area contributed by atoms with Crippen LogP contribution in [0.1, 0.15) is 18.9 Å². The maximum Gasteiger partial charge on any atom is 0.317 e. The number of nitrogens with one attached hydrogen (secondary N) is 2. The van der Waals surface area contributed by atoms with E-state index in [9.17, 15) is 34.8 Å². The Balaban J connectivity index is 2.45. The molecule has 0 aromatic heterocycles. The first-order chi connectivity index (χ1) is 17.2. The fourth-order valence-electron chi connectivity index (χ4n) is 4.50. The molecule has 0 saturated carbocycles. The molecular weight excluding hydrogens is 470 g/mol. The SMILES string of the molecule is CC(O)CC1C(NCc2ccccc2)N(CC(=O)O)CCN(CC(=O)O)CCNCCN1CC(=O)O. The van der Waals surface area contributed by atoms with E-state index in [-0.39, 0.29) is 32.6 Å². The number of carboxylic acids is 3. The molecule has 0 bridgehead atoms. The highest BCUT2D eigenvalue weighted by atomic mass is 16.4. The van der Waals surface area contributed by atoms with Crippen LogP contribution in [0, 0.1) is 0 Å². The predicted molar refractivity (Wildman–Crippen MR) is 133 cm³/mol. The summed E-state index contributed by atoms with van der Waals surface area (Å²) in [6, 6.07) is 9.02. The molecule has 1 saturated heterocycles. The first-order valence-corrected chi connectivity index (χ1v) is 12.2. The molecule has 0 spiro atoms. The lowest BCUT2D eigenvalue weighted by molar-refractivity contribution is -0.143. The molecule has 1 aromatic rings. The van der Waals surface area contributed by atoms with Crippen LogP contribution in [0.5, 0.6) is 0 Å². The second kappa shape index (κ2) is 15.5. The van der Waals surface area contributed by atoms with E-state index >= 15 is 0 Å². The van der Waals surface area contributed by atoms with Crippen LogP contribution >= 0.6 is 0 Å². The summed E-state index contributed by atoms with van der Waals surface area (Å²) in [4.78, 5) is 40.2. The molecule has 0 amide bonds. The third kappa shape index (κ3) is 11.0. The molecular formula is C24H39N5O7. The minimum atomic E-state index is -1.05. The fraction of sp³-hybridized carbons (Fsp3) is 0.625. The minimum Gasteiger partial charge on any atom is -0.480 e. The molecule has 202 valence electrons. The lowest BCUT2D eigenvalue weighted by Gasteiger charge is -2.43. The largest absolute Gasteiger partial charge is 0.480 e. The van der Waals surface area contributed by atoms with E-state index in [1.807, 2.05) is 30.3 Å². The Hall–Kier alpha value is -2.61. The van der Waals surface area contributed by atoms with Gasteiger partial charge in [0.05, 0.1) is 31.9 Å². The van der Waals surface area contributed by atoms with Crippen LogP contribution in [0.4, 0.5) is 0 Å². The highest BCUT2D eigenvalue weighted by molar-refractivity contribution is 5.70. The van der Waals surface area contributed by atoms with Gasteiger partial charge < -0.3 is 25.7 Å². The van der Waals surface area contributed by atoms with Gasteiger partial charge in [-0.25, -0.2) is 0 Å². The topological polar surface area (TPSA) is 166 Å². The standard InChI is InChI=1S/C24H39N5O7/c1-18(30)13-20-24(26-14-19-5-3-2-4-6-19)29(17-23(35)36)12-11-27(15-21(31)32)9-7-25-8-10-28(20)16-22(33)34/h2-6,18,20,24-26,30H,7-17H2,1H3,(H,31,32)(H,33,34)(H,35,36). The Morgan fingerprint density at radius 3 is 2.14 bits per heavy atom. The normalized spacial score (nSPS) is 22.3. The van der Waals surface area contributed by atoms with E-state index in [4.69, 9.17) is 0 Å². The highest BCUT2D eigenvalue weighted by Gasteiger charge is 2.35. The lowest BCUT2D eigenvalue weighted by atomic mass is 10.0. The zero-order chi connectivity index (χ0) is 26.5. The quantitative estimate of drug-likeness (QED) is 0.216. The molecule has 6 N–H and O–H groups in total. The van der Waals surface area contributed by atoms with Gasteiger partial charge in [0.1, 0.15) is 0 Å².